The van der Waals surface area contributed by atoms with Crippen LogP contribution in [0, 0.1) is 0 Å². The Morgan fingerprint density at radius 1 is 1.07 bits per heavy atom. The smallest absolute Gasteiger partial charge is 0.410 e. The molecule has 1 N–H and O–H groups in total. The van der Waals surface area contributed by atoms with Crippen LogP contribution in [0.15, 0.2) is 48.5 Å². The fourth-order valence-electron chi connectivity index (χ4n) is 4.05. The number of carbonyl (C=O) groups is 2. The Hall–Kier alpha value is -2.96. The van der Waals surface area contributed by atoms with Gasteiger partial charge in [-0.2, -0.15) is 0 Å². The molecule has 1 fully saturated rings. The number of ether oxygens (including phenoxy) is 1. The summed E-state index contributed by atoms with van der Waals surface area (Å²) in [7, 11) is 0. The molecule has 0 saturated carbocycles. The van der Waals surface area contributed by atoms with Gasteiger partial charge >= 0.3 is 12.1 Å². The van der Waals surface area contributed by atoms with Crippen LogP contribution in [0.4, 0.5) is 13.6 Å². The molecule has 1 amide bonds. The summed E-state index contributed by atoms with van der Waals surface area (Å²) in [6, 6.07) is 14.1. The third kappa shape index (κ3) is 3.21. The van der Waals surface area contributed by atoms with Crippen LogP contribution in [-0.2, 0) is 9.53 Å². The van der Waals surface area contributed by atoms with Crippen molar-refractivity contribution in [2.45, 2.75) is 30.7 Å². The molecule has 1 heterocycles. The molecule has 1 unspecified atom stereocenters. The number of carboxylic acids is 1. The molecule has 2 aliphatic rings. The maximum Gasteiger partial charge on any atom is 0.410 e. The molecule has 0 aromatic heterocycles. The maximum absolute atomic E-state index is 13.6. The van der Waals surface area contributed by atoms with E-state index < -0.39 is 36.9 Å². The average Bonchev–Trinajstić information content (AvgIpc) is 2.99. The summed E-state index contributed by atoms with van der Waals surface area (Å²) in [4.78, 5) is 24.8. The number of benzene rings is 2. The van der Waals surface area contributed by atoms with Gasteiger partial charge in [0.05, 0.1) is 0 Å². The van der Waals surface area contributed by atoms with Crippen molar-refractivity contribution < 1.29 is 28.2 Å². The topological polar surface area (TPSA) is 66.8 Å². The highest BCUT2D eigenvalue weighted by atomic mass is 19.3. The molecule has 2 aromatic carbocycles. The van der Waals surface area contributed by atoms with Gasteiger partial charge in [0, 0.05) is 25.3 Å². The number of halogens is 2. The number of hydrogen-bond donors (Lipinski definition) is 1. The standard InChI is InChI=1S/C21H19F2NO4/c22-21(23)9-10-24(18(11-21)19(25)26)20(27)28-12-17-15-7-3-1-5-13(15)14-6-2-4-8-16(14)17/h1-8,17-18H,9-12H2,(H,25,26). The first kappa shape index (κ1) is 18.4. The van der Waals surface area contributed by atoms with Crippen molar-refractivity contribution in [3.8, 4) is 11.1 Å². The van der Waals surface area contributed by atoms with Gasteiger partial charge < -0.3 is 9.84 Å². The number of rotatable bonds is 3. The Bertz CT molecular complexity index is 885. The maximum atomic E-state index is 13.6. The molecule has 1 aliphatic carbocycles. The minimum atomic E-state index is -3.09. The Morgan fingerprint density at radius 3 is 2.21 bits per heavy atom. The molecule has 0 bridgehead atoms. The number of aliphatic carboxylic acids is 1. The highest BCUT2D eigenvalue weighted by molar-refractivity contribution is 5.81. The lowest BCUT2D eigenvalue weighted by Gasteiger charge is -2.36. The number of amides is 1. The number of alkyl halides is 2. The van der Waals surface area contributed by atoms with Gasteiger partial charge in [0.2, 0.25) is 0 Å². The third-order valence-corrected chi connectivity index (χ3v) is 5.44. The van der Waals surface area contributed by atoms with Crippen molar-refractivity contribution in [1.29, 1.82) is 0 Å². The molecule has 2 aromatic rings. The van der Waals surface area contributed by atoms with Crippen molar-refractivity contribution in [2.24, 2.45) is 0 Å². The third-order valence-electron chi connectivity index (χ3n) is 5.44. The van der Waals surface area contributed by atoms with Gasteiger partial charge in [-0.3, -0.25) is 4.90 Å². The monoisotopic (exact) mass is 387 g/mol. The largest absolute Gasteiger partial charge is 0.480 e. The zero-order valence-corrected chi connectivity index (χ0v) is 15.0. The van der Waals surface area contributed by atoms with E-state index in [0.29, 0.717) is 0 Å². The van der Waals surface area contributed by atoms with E-state index in [9.17, 15) is 23.5 Å². The van der Waals surface area contributed by atoms with Gasteiger partial charge in [-0.15, -0.1) is 0 Å². The first-order valence-electron chi connectivity index (χ1n) is 9.09. The lowest BCUT2D eigenvalue weighted by atomic mass is 9.98. The zero-order chi connectivity index (χ0) is 19.9. The van der Waals surface area contributed by atoms with Gasteiger partial charge in [0.1, 0.15) is 12.6 Å². The van der Waals surface area contributed by atoms with Crippen LogP contribution < -0.4 is 0 Å². The van der Waals surface area contributed by atoms with Crippen molar-refractivity contribution >= 4 is 12.1 Å². The number of fused-ring (bicyclic) bond motifs is 3. The van der Waals surface area contributed by atoms with Gasteiger partial charge in [-0.05, 0) is 22.3 Å². The molecule has 7 heteroatoms. The fourth-order valence-corrected chi connectivity index (χ4v) is 4.05. The van der Waals surface area contributed by atoms with Crippen molar-refractivity contribution in [3.63, 3.8) is 0 Å². The average molecular weight is 387 g/mol. The van der Waals surface area contributed by atoms with E-state index in [1.165, 1.54) is 0 Å². The minimum absolute atomic E-state index is 0.0199. The van der Waals surface area contributed by atoms with E-state index >= 15 is 0 Å². The SMILES string of the molecule is O=C(O)C1CC(F)(F)CCN1C(=O)OCC1c2ccccc2-c2ccccc21. The van der Waals surface area contributed by atoms with Crippen LogP contribution >= 0.6 is 0 Å². The van der Waals surface area contributed by atoms with E-state index in [1.807, 2.05) is 48.5 Å². The second-order valence-electron chi connectivity index (χ2n) is 7.16. The lowest BCUT2D eigenvalue weighted by Crippen LogP contribution is -2.53. The van der Waals surface area contributed by atoms with Gasteiger partial charge in [0.25, 0.3) is 5.92 Å². The number of hydrogen-bond acceptors (Lipinski definition) is 3. The van der Waals surface area contributed by atoms with Crippen molar-refractivity contribution in [2.75, 3.05) is 13.2 Å². The number of piperidine rings is 1. The highest BCUT2D eigenvalue weighted by Crippen LogP contribution is 2.44. The normalized spacial score (nSPS) is 20.4. The molecule has 5 nitrogen and oxygen atoms in total. The number of carboxylic acid groups (broad SMARTS) is 1. The van der Waals surface area contributed by atoms with Crippen molar-refractivity contribution in [1.82, 2.24) is 4.90 Å². The van der Waals surface area contributed by atoms with E-state index in [0.717, 1.165) is 27.2 Å². The number of nitrogens with zero attached hydrogens (tertiary/aromatic N) is 1. The molecule has 28 heavy (non-hydrogen) atoms. The highest BCUT2D eigenvalue weighted by Gasteiger charge is 2.46. The predicted octanol–water partition coefficient (Wildman–Crippen LogP) is 4.12. The Kier molecular flexibility index (Phi) is 4.53. The van der Waals surface area contributed by atoms with E-state index in [4.69, 9.17) is 4.74 Å². The summed E-state index contributed by atoms with van der Waals surface area (Å²) < 4.78 is 32.6. The Balaban J connectivity index is 1.52. The quantitative estimate of drug-likeness (QED) is 0.860. The van der Waals surface area contributed by atoms with Gasteiger partial charge in [-0.25, -0.2) is 18.4 Å². The first-order chi connectivity index (χ1) is 13.4. The molecule has 0 radical (unpaired) electrons. The summed E-state index contributed by atoms with van der Waals surface area (Å²) in [5.74, 6) is -4.72. The molecule has 0 spiro atoms. The predicted molar refractivity (Wildman–Crippen MR) is 97.4 cm³/mol. The van der Waals surface area contributed by atoms with Crippen LogP contribution in [0.1, 0.15) is 29.9 Å². The summed E-state index contributed by atoms with van der Waals surface area (Å²) in [6.07, 6.45) is -2.34. The molecule has 4 rings (SSSR count). The zero-order valence-electron chi connectivity index (χ0n) is 15.0. The minimum Gasteiger partial charge on any atom is -0.480 e. The second-order valence-corrected chi connectivity index (χ2v) is 7.16. The molecule has 1 saturated heterocycles. The molecular weight excluding hydrogens is 368 g/mol. The van der Waals surface area contributed by atoms with Crippen LogP contribution in [0.2, 0.25) is 0 Å². The molecule has 1 aliphatic heterocycles. The van der Waals surface area contributed by atoms with Crippen LogP contribution in [0.25, 0.3) is 11.1 Å². The Labute approximate surface area is 160 Å². The fraction of sp³-hybridized carbons (Fsp3) is 0.333. The summed E-state index contributed by atoms with van der Waals surface area (Å²) in [5, 5.41) is 9.25. The molecule has 146 valence electrons. The van der Waals surface area contributed by atoms with Gasteiger partial charge in [-0.1, -0.05) is 48.5 Å². The Morgan fingerprint density at radius 2 is 1.64 bits per heavy atom. The van der Waals surface area contributed by atoms with Crippen LogP contribution in [0.5, 0.6) is 0 Å². The summed E-state index contributed by atoms with van der Waals surface area (Å²) in [5.41, 5.74) is 4.19. The number of likely N-dealkylation sites (tertiary alicyclic amines) is 1. The second kappa shape index (κ2) is 6.89. The van der Waals surface area contributed by atoms with E-state index in [1.54, 1.807) is 0 Å². The summed E-state index contributed by atoms with van der Waals surface area (Å²) >= 11 is 0. The number of carbonyl (C=O) groups excluding carboxylic acids is 1. The van der Waals surface area contributed by atoms with Crippen LogP contribution in [-0.4, -0.2) is 47.2 Å². The molecular formula is C21H19F2NO4. The van der Waals surface area contributed by atoms with E-state index in [2.05, 4.69) is 0 Å². The van der Waals surface area contributed by atoms with E-state index in [-0.39, 0.29) is 19.1 Å². The summed E-state index contributed by atoms with van der Waals surface area (Å²) in [6.45, 7) is -0.327. The van der Waals surface area contributed by atoms with Crippen LogP contribution in [0.3, 0.4) is 0 Å². The lowest BCUT2D eigenvalue weighted by molar-refractivity contribution is -0.152. The van der Waals surface area contributed by atoms with Crippen molar-refractivity contribution in [3.05, 3.63) is 59.7 Å². The van der Waals surface area contributed by atoms with Gasteiger partial charge in [0.15, 0.2) is 0 Å². The first-order valence-corrected chi connectivity index (χ1v) is 9.09. The molecule has 1 atom stereocenters.